The van der Waals surface area contributed by atoms with Crippen LogP contribution >= 0.6 is 0 Å². The van der Waals surface area contributed by atoms with Gasteiger partial charge in [0.05, 0.1) is 11.1 Å². The van der Waals surface area contributed by atoms with Crippen molar-refractivity contribution in [3.8, 4) is 0 Å². The second-order valence-corrected chi connectivity index (χ2v) is 6.20. The number of carbonyl (C=O) groups excluding carboxylic acids is 2. The summed E-state index contributed by atoms with van der Waals surface area (Å²) in [5, 5.41) is 0. The Balaban J connectivity index is 1.57. The number of amides is 2. The number of rotatable bonds is 2. The lowest BCUT2D eigenvalue weighted by atomic mass is 9.88. The summed E-state index contributed by atoms with van der Waals surface area (Å²) in [5.41, 5.74) is 1.16. The van der Waals surface area contributed by atoms with Gasteiger partial charge in [-0.3, -0.25) is 14.5 Å². The molecule has 2 saturated carbocycles. The summed E-state index contributed by atoms with van der Waals surface area (Å²) in [6.07, 6.45) is 5.16. The number of benzene rings is 1. The second-order valence-electron chi connectivity index (χ2n) is 6.20. The Bertz CT molecular complexity index is 531. The summed E-state index contributed by atoms with van der Waals surface area (Å²) in [6.45, 7) is 0.632. The molecule has 0 aromatic heterocycles. The molecular formula is C16H17NO2. The first-order valence-corrected chi connectivity index (χ1v) is 7.19. The van der Waals surface area contributed by atoms with E-state index in [2.05, 4.69) is 0 Å². The molecule has 0 unspecified atom stereocenters. The molecule has 0 radical (unpaired) electrons. The average molecular weight is 255 g/mol. The van der Waals surface area contributed by atoms with Gasteiger partial charge in [-0.1, -0.05) is 18.6 Å². The molecule has 0 N–H and O–H groups in total. The summed E-state index contributed by atoms with van der Waals surface area (Å²) in [4.78, 5) is 26.1. The molecule has 1 aromatic rings. The zero-order chi connectivity index (χ0) is 13.0. The van der Waals surface area contributed by atoms with E-state index in [4.69, 9.17) is 0 Å². The summed E-state index contributed by atoms with van der Waals surface area (Å²) >= 11 is 0. The number of hydrogen-bond donors (Lipinski definition) is 0. The van der Waals surface area contributed by atoms with Gasteiger partial charge >= 0.3 is 0 Å². The normalized spacial score (nSPS) is 32.2. The number of fused-ring (bicyclic) bond motifs is 3. The third kappa shape index (κ3) is 1.57. The van der Waals surface area contributed by atoms with Crippen LogP contribution in [0.2, 0.25) is 0 Å². The van der Waals surface area contributed by atoms with E-state index in [1.807, 2.05) is 12.1 Å². The first-order chi connectivity index (χ1) is 9.24. The van der Waals surface area contributed by atoms with Gasteiger partial charge in [0, 0.05) is 6.54 Å². The zero-order valence-electron chi connectivity index (χ0n) is 10.8. The minimum absolute atomic E-state index is 0.0941. The lowest BCUT2D eigenvalue weighted by Gasteiger charge is -2.25. The molecule has 2 amide bonds. The smallest absolute Gasteiger partial charge is 0.261 e. The van der Waals surface area contributed by atoms with E-state index >= 15 is 0 Å². The Kier molecular flexibility index (Phi) is 2.32. The topological polar surface area (TPSA) is 37.4 Å². The first kappa shape index (κ1) is 11.2. The van der Waals surface area contributed by atoms with Crippen LogP contribution in [0.15, 0.2) is 24.3 Å². The molecule has 1 aromatic carbocycles. The maximum Gasteiger partial charge on any atom is 0.261 e. The molecule has 2 bridgehead atoms. The predicted octanol–water partition coefficient (Wildman–Crippen LogP) is 2.72. The maximum absolute atomic E-state index is 12.3. The number of imide groups is 1. The highest BCUT2D eigenvalue weighted by molar-refractivity contribution is 6.21. The van der Waals surface area contributed by atoms with Gasteiger partial charge < -0.3 is 0 Å². The van der Waals surface area contributed by atoms with Crippen molar-refractivity contribution in [2.75, 3.05) is 6.54 Å². The number of carbonyl (C=O) groups is 2. The number of hydrogen-bond acceptors (Lipinski definition) is 2. The molecule has 0 spiro atoms. The van der Waals surface area contributed by atoms with Crippen LogP contribution in [-0.2, 0) is 0 Å². The van der Waals surface area contributed by atoms with Gasteiger partial charge in [0.15, 0.2) is 0 Å². The molecular weight excluding hydrogens is 238 g/mol. The van der Waals surface area contributed by atoms with Crippen molar-refractivity contribution in [2.24, 2.45) is 17.8 Å². The van der Waals surface area contributed by atoms with E-state index in [1.54, 1.807) is 12.1 Å². The van der Waals surface area contributed by atoms with Gasteiger partial charge in [-0.15, -0.1) is 0 Å². The summed E-state index contributed by atoms with van der Waals surface area (Å²) < 4.78 is 0. The van der Waals surface area contributed by atoms with Gasteiger partial charge in [0.2, 0.25) is 0 Å². The van der Waals surface area contributed by atoms with Crippen LogP contribution < -0.4 is 0 Å². The Hall–Kier alpha value is -1.64. The van der Waals surface area contributed by atoms with E-state index in [0.29, 0.717) is 23.6 Å². The highest BCUT2D eigenvalue weighted by Crippen LogP contribution is 2.48. The second kappa shape index (κ2) is 3.92. The maximum atomic E-state index is 12.3. The van der Waals surface area contributed by atoms with Crippen molar-refractivity contribution < 1.29 is 9.59 Å². The summed E-state index contributed by atoms with van der Waals surface area (Å²) in [5.74, 6) is 1.95. The molecule has 2 fully saturated rings. The minimum atomic E-state index is -0.0941. The van der Waals surface area contributed by atoms with E-state index < -0.39 is 0 Å². The largest absolute Gasteiger partial charge is 0.274 e. The monoisotopic (exact) mass is 255 g/mol. The zero-order valence-corrected chi connectivity index (χ0v) is 10.8. The highest BCUT2D eigenvalue weighted by Gasteiger charge is 2.43. The Morgan fingerprint density at radius 1 is 1.00 bits per heavy atom. The van der Waals surface area contributed by atoms with Crippen molar-refractivity contribution in [1.29, 1.82) is 0 Å². The first-order valence-electron chi connectivity index (χ1n) is 7.19. The fourth-order valence-electron chi connectivity index (χ4n) is 4.24. The van der Waals surface area contributed by atoms with Crippen molar-refractivity contribution in [3.63, 3.8) is 0 Å². The standard InChI is InChI=1S/C16H17NO2/c18-15-13-3-1-2-4-14(13)16(19)17(15)9-12-8-10-5-6-11(12)7-10/h1-4,10-12H,5-9H2/t10-,11+,12+/m0/s1. The van der Waals surface area contributed by atoms with Crippen LogP contribution in [0.3, 0.4) is 0 Å². The molecule has 3 aliphatic rings. The van der Waals surface area contributed by atoms with Crippen molar-refractivity contribution >= 4 is 11.8 Å². The molecule has 19 heavy (non-hydrogen) atoms. The van der Waals surface area contributed by atoms with Crippen molar-refractivity contribution in [3.05, 3.63) is 35.4 Å². The SMILES string of the molecule is O=C1c2ccccc2C(=O)N1C[C@H]1C[C@H]2CC[C@@H]1C2. The molecule has 3 nitrogen and oxygen atoms in total. The van der Waals surface area contributed by atoms with Gasteiger partial charge in [-0.2, -0.15) is 0 Å². The van der Waals surface area contributed by atoms with Gasteiger partial charge in [0.1, 0.15) is 0 Å². The third-order valence-corrected chi connectivity index (χ3v) is 5.18. The fourth-order valence-corrected chi connectivity index (χ4v) is 4.24. The van der Waals surface area contributed by atoms with E-state index in [1.165, 1.54) is 30.6 Å². The van der Waals surface area contributed by atoms with Crippen LogP contribution in [0, 0.1) is 17.8 Å². The summed E-state index contributed by atoms with van der Waals surface area (Å²) in [6, 6.07) is 7.17. The summed E-state index contributed by atoms with van der Waals surface area (Å²) in [7, 11) is 0. The van der Waals surface area contributed by atoms with Crippen molar-refractivity contribution in [2.45, 2.75) is 25.7 Å². The minimum Gasteiger partial charge on any atom is -0.274 e. The van der Waals surface area contributed by atoms with E-state index in [9.17, 15) is 9.59 Å². The van der Waals surface area contributed by atoms with Crippen LogP contribution in [0.4, 0.5) is 0 Å². The van der Waals surface area contributed by atoms with Crippen LogP contribution in [0.1, 0.15) is 46.4 Å². The molecule has 98 valence electrons. The predicted molar refractivity (Wildman–Crippen MR) is 70.7 cm³/mol. The lowest BCUT2D eigenvalue weighted by Crippen LogP contribution is -2.36. The van der Waals surface area contributed by atoms with Crippen LogP contribution in [-0.4, -0.2) is 23.3 Å². The Morgan fingerprint density at radius 3 is 2.21 bits per heavy atom. The molecule has 3 atom stereocenters. The number of nitrogens with zero attached hydrogens (tertiary/aromatic N) is 1. The van der Waals surface area contributed by atoms with E-state index in [-0.39, 0.29) is 11.8 Å². The quantitative estimate of drug-likeness (QED) is 0.762. The lowest BCUT2D eigenvalue weighted by molar-refractivity contribution is 0.0610. The Morgan fingerprint density at radius 2 is 1.68 bits per heavy atom. The third-order valence-electron chi connectivity index (χ3n) is 5.18. The molecule has 3 heteroatoms. The van der Waals surface area contributed by atoms with Crippen molar-refractivity contribution in [1.82, 2.24) is 4.90 Å². The highest BCUT2D eigenvalue weighted by atomic mass is 16.2. The van der Waals surface area contributed by atoms with Crippen LogP contribution in [0.5, 0.6) is 0 Å². The van der Waals surface area contributed by atoms with E-state index in [0.717, 1.165) is 11.8 Å². The molecule has 4 rings (SSSR count). The molecule has 1 aliphatic heterocycles. The van der Waals surface area contributed by atoms with Gasteiger partial charge in [-0.05, 0) is 49.1 Å². The molecule has 2 aliphatic carbocycles. The van der Waals surface area contributed by atoms with Gasteiger partial charge in [0.25, 0.3) is 11.8 Å². The molecule has 1 heterocycles. The van der Waals surface area contributed by atoms with Crippen LogP contribution in [0.25, 0.3) is 0 Å². The van der Waals surface area contributed by atoms with Gasteiger partial charge in [-0.25, -0.2) is 0 Å². The Labute approximate surface area is 112 Å². The average Bonchev–Trinajstić information content (AvgIpc) is 3.10. The fraction of sp³-hybridized carbons (Fsp3) is 0.500. The molecule has 0 saturated heterocycles.